The van der Waals surface area contributed by atoms with Crippen LogP contribution < -0.4 is 14.8 Å². The number of benzene rings is 2. The summed E-state index contributed by atoms with van der Waals surface area (Å²) in [6.45, 7) is 5.20. The summed E-state index contributed by atoms with van der Waals surface area (Å²) >= 11 is 5.96. The average Bonchev–Trinajstić information content (AvgIpc) is 2.93. The van der Waals surface area contributed by atoms with Gasteiger partial charge in [0.1, 0.15) is 18.0 Å². The van der Waals surface area contributed by atoms with E-state index in [4.69, 9.17) is 21.1 Å². The Kier molecular flexibility index (Phi) is 8.85. The maximum absolute atomic E-state index is 13.6. The Labute approximate surface area is 229 Å². The molecule has 1 saturated carbocycles. The molecule has 2 heterocycles. The van der Waals surface area contributed by atoms with E-state index in [0.717, 1.165) is 41.7 Å². The van der Waals surface area contributed by atoms with Gasteiger partial charge in [-0.15, -0.1) is 0 Å². The van der Waals surface area contributed by atoms with Gasteiger partial charge >= 0.3 is 0 Å². The Hall–Kier alpha value is -2.64. The fourth-order valence-corrected chi connectivity index (χ4v) is 6.58. The van der Waals surface area contributed by atoms with Gasteiger partial charge in [0.15, 0.2) is 11.5 Å². The Bertz CT molecular complexity index is 1240. The first-order chi connectivity index (χ1) is 18.6. The molecule has 0 amide bonds. The number of likely N-dealkylation sites (tertiary alicyclic amines) is 1. The zero-order chi connectivity index (χ0) is 26.5. The highest BCUT2D eigenvalue weighted by Crippen LogP contribution is 2.40. The number of ether oxygens (including phenoxy) is 2. The second kappa shape index (κ2) is 12.5. The molecule has 1 saturated heterocycles. The number of rotatable bonds is 10. The molecule has 3 aromatic rings. The van der Waals surface area contributed by atoms with E-state index in [1.165, 1.54) is 70.0 Å². The molecule has 2 unspecified atom stereocenters. The average molecular weight is 541 g/mol. The molecular formula is C30H38ClFN4O2. The zero-order valence-corrected chi connectivity index (χ0v) is 23.1. The lowest BCUT2D eigenvalue weighted by Crippen LogP contribution is -2.48. The number of methoxy groups -OCH3 is 1. The van der Waals surface area contributed by atoms with Crippen molar-refractivity contribution in [1.82, 2.24) is 14.9 Å². The van der Waals surface area contributed by atoms with Crippen molar-refractivity contribution in [3.8, 4) is 11.5 Å². The van der Waals surface area contributed by atoms with Crippen LogP contribution in [0.2, 0.25) is 5.02 Å². The van der Waals surface area contributed by atoms with E-state index in [9.17, 15) is 4.39 Å². The van der Waals surface area contributed by atoms with Gasteiger partial charge in [-0.25, -0.2) is 14.4 Å². The standard InChI is InChI=1S/C30H38ClFN4O2/c1-3-6-20-8-11-27-21(15-20)7-4-12-36(27)13-5-14-38-29-17-23-26(18-28(29)37-2)33-19-34-30(23)35-22-9-10-25(32)24(31)16-22/h9-10,16-21,27H,3-8,11-15H2,1-2H3,(H,33,34,35)/t20-,21?,27?/m1/s1. The minimum absolute atomic E-state index is 0.0492. The molecule has 0 bridgehead atoms. The molecule has 2 fully saturated rings. The van der Waals surface area contributed by atoms with Crippen molar-refractivity contribution >= 4 is 34.0 Å². The minimum atomic E-state index is -0.463. The molecule has 38 heavy (non-hydrogen) atoms. The Morgan fingerprint density at radius 2 is 2.03 bits per heavy atom. The molecule has 5 rings (SSSR count). The summed E-state index contributed by atoms with van der Waals surface area (Å²) in [5, 5.41) is 4.05. The SMILES string of the molecule is CCC[C@@H]1CCC2C(CCCN2CCCOc2cc3c(Nc4ccc(F)c(Cl)c4)ncnc3cc2OC)C1. The van der Waals surface area contributed by atoms with E-state index in [1.54, 1.807) is 13.2 Å². The van der Waals surface area contributed by atoms with Crippen LogP contribution >= 0.6 is 11.6 Å². The molecule has 1 N–H and O–H groups in total. The number of nitrogens with one attached hydrogen (secondary N) is 1. The maximum atomic E-state index is 13.6. The first kappa shape index (κ1) is 26.9. The number of hydrogen-bond donors (Lipinski definition) is 1. The first-order valence-electron chi connectivity index (χ1n) is 14.0. The number of anilines is 2. The predicted octanol–water partition coefficient (Wildman–Crippen LogP) is 7.62. The fraction of sp³-hybridized carbons (Fsp3) is 0.533. The third-order valence-corrected chi connectivity index (χ3v) is 8.48. The van der Waals surface area contributed by atoms with Crippen LogP contribution in [-0.4, -0.2) is 47.7 Å². The lowest BCUT2D eigenvalue weighted by molar-refractivity contribution is 0.0370. The highest BCUT2D eigenvalue weighted by atomic mass is 35.5. The summed E-state index contributed by atoms with van der Waals surface area (Å²) in [5.74, 6) is 3.23. The Morgan fingerprint density at radius 1 is 1.13 bits per heavy atom. The third kappa shape index (κ3) is 6.15. The van der Waals surface area contributed by atoms with Crippen LogP contribution in [0.15, 0.2) is 36.7 Å². The number of fused-ring (bicyclic) bond motifs is 2. The van der Waals surface area contributed by atoms with Crippen molar-refractivity contribution in [2.45, 2.75) is 64.3 Å². The quantitative estimate of drug-likeness (QED) is 0.267. The van der Waals surface area contributed by atoms with E-state index >= 15 is 0 Å². The van der Waals surface area contributed by atoms with Crippen molar-refractivity contribution < 1.29 is 13.9 Å². The van der Waals surface area contributed by atoms with Crippen molar-refractivity contribution in [3.05, 3.63) is 47.5 Å². The lowest BCUT2D eigenvalue weighted by Gasteiger charge is -2.46. The smallest absolute Gasteiger partial charge is 0.162 e. The van der Waals surface area contributed by atoms with Gasteiger partial charge in [-0.3, -0.25) is 4.90 Å². The molecule has 1 aliphatic carbocycles. The largest absolute Gasteiger partial charge is 0.493 e. The molecule has 6 nitrogen and oxygen atoms in total. The van der Waals surface area contributed by atoms with Gasteiger partial charge in [-0.2, -0.15) is 0 Å². The van der Waals surface area contributed by atoms with Crippen LogP contribution in [0, 0.1) is 17.7 Å². The molecule has 8 heteroatoms. The van der Waals surface area contributed by atoms with E-state index in [-0.39, 0.29) is 5.02 Å². The molecule has 2 aromatic carbocycles. The summed E-state index contributed by atoms with van der Waals surface area (Å²) in [6.07, 6.45) is 12.0. The van der Waals surface area contributed by atoms with Crippen LogP contribution in [0.1, 0.15) is 58.3 Å². The molecular weight excluding hydrogens is 503 g/mol. The van der Waals surface area contributed by atoms with Crippen molar-refractivity contribution in [1.29, 1.82) is 0 Å². The molecule has 3 atom stereocenters. The van der Waals surface area contributed by atoms with Crippen LogP contribution in [0.4, 0.5) is 15.9 Å². The molecule has 1 aromatic heterocycles. The fourth-order valence-electron chi connectivity index (χ4n) is 6.40. The third-order valence-electron chi connectivity index (χ3n) is 8.19. The van der Waals surface area contributed by atoms with Gasteiger partial charge in [0.2, 0.25) is 0 Å². The Morgan fingerprint density at radius 3 is 2.84 bits per heavy atom. The molecule has 2 aliphatic rings. The summed E-state index contributed by atoms with van der Waals surface area (Å²) in [7, 11) is 1.64. The van der Waals surface area contributed by atoms with E-state index in [2.05, 4.69) is 27.1 Å². The zero-order valence-electron chi connectivity index (χ0n) is 22.4. The number of halogens is 2. The van der Waals surface area contributed by atoms with Gasteiger partial charge in [0, 0.05) is 29.7 Å². The number of aromatic nitrogens is 2. The summed E-state index contributed by atoms with van der Waals surface area (Å²) < 4.78 is 25.5. The monoisotopic (exact) mass is 540 g/mol. The molecule has 1 aliphatic heterocycles. The van der Waals surface area contributed by atoms with E-state index < -0.39 is 5.82 Å². The van der Waals surface area contributed by atoms with E-state index in [0.29, 0.717) is 29.6 Å². The number of piperidine rings is 1. The normalized spacial score (nSPS) is 21.7. The van der Waals surface area contributed by atoms with Crippen molar-refractivity contribution in [2.24, 2.45) is 11.8 Å². The summed E-state index contributed by atoms with van der Waals surface area (Å²) in [6, 6.07) is 9.00. The van der Waals surface area contributed by atoms with Gasteiger partial charge in [0.25, 0.3) is 0 Å². The van der Waals surface area contributed by atoms with E-state index in [1.807, 2.05) is 12.1 Å². The van der Waals surface area contributed by atoms with Gasteiger partial charge in [0.05, 0.1) is 24.3 Å². The summed E-state index contributed by atoms with van der Waals surface area (Å²) in [4.78, 5) is 11.5. The first-order valence-corrected chi connectivity index (χ1v) is 14.3. The highest BCUT2D eigenvalue weighted by Gasteiger charge is 2.35. The topological polar surface area (TPSA) is 59.5 Å². The van der Waals surface area contributed by atoms with Crippen LogP contribution in [0.5, 0.6) is 11.5 Å². The molecule has 0 radical (unpaired) electrons. The Balaban J connectivity index is 1.23. The van der Waals surface area contributed by atoms with Crippen molar-refractivity contribution in [3.63, 3.8) is 0 Å². The molecule has 0 spiro atoms. The minimum Gasteiger partial charge on any atom is -0.493 e. The van der Waals surface area contributed by atoms with Crippen LogP contribution in [0.3, 0.4) is 0 Å². The van der Waals surface area contributed by atoms with Crippen LogP contribution in [-0.2, 0) is 0 Å². The highest BCUT2D eigenvalue weighted by molar-refractivity contribution is 6.31. The summed E-state index contributed by atoms with van der Waals surface area (Å²) in [5.41, 5.74) is 1.36. The number of nitrogens with zero attached hydrogens (tertiary/aromatic N) is 3. The maximum Gasteiger partial charge on any atom is 0.162 e. The second-order valence-corrected chi connectivity index (χ2v) is 11.1. The van der Waals surface area contributed by atoms with Gasteiger partial charge < -0.3 is 14.8 Å². The van der Waals surface area contributed by atoms with Gasteiger partial charge in [-0.05, 0) is 81.2 Å². The van der Waals surface area contributed by atoms with Gasteiger partial charge in [-0.1, -0.05) is 31.4 Å². The van der Waals surface area contributed by atoms with Crippen molar-refractivity contribution in [2.75, 3.05) is 32.1 Å². The number of hydrogen-bond acceptors (Lipinski definition) is 6. The second-order valence-electron chi connectivity index (χ2n) is 10.7. The lowest BCUT2D eigenvalue weighted by atomic mass is 9.72. The molecule has 204 valence electrons. The predicted molar refractivity (Wildman–Crippen MR) is 151 cm³/mol. The van der Waals surface area contributed by atoms with Crippen LogP contribution in [0.25, 0.3) is 10.9 Å².